The lowest BCUT2D eigenvalue weighted by Crippen LogP contribution is -2.48. The van der Waals surface area contributed by atoms with Crippen molar-refractivity contribution in [2.24, 2.45) is 0 Å². The Morgan fingerprint density at radius 1 is 0.829 bits per heavy atom. The van der Waals surface area contributed by atoms with Crippen LogP contribution in [0.5, 0.6) is 11.5 Å². The molecule has 0 aromatic heterocycles. The van der Waals surface area contributed by atoms with Crippen LogP contribution in [0.25, 0.3) is 6.08 Å². The maximum absolute atomic E-state index is 13.1. The molecule has 0 saturated carbocycles. The lowest BCUT2D eigenvalue weighted by atomic mass is 10.0. The fraction of sp³-hybridized carbons (Fsp3) is 0.179. The Bertz CT molecular complexity index is 1210. The van der Waals surface area contributed by atoms with Crippen molar-refractivity contribution in [3.63, 3.8) is 0 Å². The summed E-state index contributed by atoms with van der Waals surface area (Å²) in [5, 5.41) is 24.6. The maximum Gasteiger partial charge on any atom is 0.289 e. The Morgan fingerprint density at radius 3 is 2.06 bits per heavy atom. The fourth-order valence-corrected chi connectivity index (χ4v) is 3.49. The summed E-state index contributed by atoms with van der Waals surface area (Å²) in [5.41, 5.74) is 2.52. The number of carbonyl (C=O) groups is 3. The number of carbonyl (C=O) groups excluding carboxylic acids is 3. The highest BCUT2D eigenvalue weighted by Crippen LogP contribution is 2.26. The molecule has 3 aromatic carbocycles. The van der Waals surface area contributed by atoms with Gasteiger partial charge in [0, 0.05) is 18.5 Å². The van der Waals surface area contributed by atoms with Crippen LogP contribution < -0.4 is 10.6 Å². The van der Waals surface area contributed by atoms with Crippen LogP contribution in [-0.4, -0.2) is 33.9 Å². The van der Waals surface area contributed by atoms with Crippen molar-refractivity contribution in [1.29, 1.82) is 0 Å². The number of ketones is 1. The number of benzene rings is 3. The van der Waals surface area contributed by atoms with E-state index in [2.05, 4.69) is 10.6 Å². The number of hydrogen-bond acceptors (Lipinski definition) is 5. The lowest BCUT2D eigenvalue weighted by Gasteiger charge is -2.18. The van der Waals surface area contributed by atoms with Crippen LogP contribution in [0, 0.1) is 0 Å². The number of phenolic OH excluding ortho intramolecular Hbond substituents is 2. The van der Waals surface area contributed by atoms with Gasteiger partial charge in [-0.25, -0.2) is 0 Å². The Hall–Kier alpha value is -4.39. The van der Waals surface area contributed by atoms with Crippen molar-refractivity contribution in [2.75, 3.05) is 0 Å². The van der Waals surface area contributed by atoms with E-state index < -0.39 is 23.6 Å². The number of rotatable bonds is 10. The van der Waals surface area contributed by atoms with Gasteiger partial charge < -0.3 is 20.8 Å². The smallest absolute Gasteiger partial charge is 0.289 e. The Balaban J connectivity index is 1.77. The zero-order valence-electron chi connectivity index (χ0n) is 19.4. The minimum absolute atomic E-state index is 0.154. The summed E-state index contributed by atoms with van der Waals surface area (Å²) in [6, 6.07) is 21.5. The van der Waals surface area contributed by atoms with Crippen LogP contribution in [0.1, 0.15) is 30.0 Å². The highest BCUT2D eigenvalue weighted by atomic mass is 16.3. The molecule has 0 aliphatic carbocycles. The first-order valence-corrected chi connectivity index (χ1v) is 11.3. The SMILES string of the molecule is CC/C(=C\c1ccc(O)c(O)c1)C(=O)N[C@@H](Cc1ccccc1)C(=O)C(=O)NCc1ccccc1. The van der Waals surface area contributed by atoms with Crippen LogP contribution in [0.2, 0.25) is 0 Å². The molecule has 0 fully saturated rings. The van der Waals surface area contributed by atoms with E-state index in [-0.39, 0.29) is 24.5 Å². The molecule has 2 amide bonds. The second-order valence-electron chi connectivity index (χ2n) is 8.02. The molecule has 1 atom stereocenters. The molecule has 0 aliphatic heterocycles. The van der Waals surface area contributed by atoms with Crippen molar-refractivity contribution < 1.29 is 24.6 Å². The molecular weight excluding hydrogens is 444 g/mol. The zero-order valence-corrected chi connectivity index (χ0v) is 19.4. The summed E-state index contributed by atoms with van der Waals surface area (Å²) in [6.07, 6.45) is 2.06. The molecule has 4 N–H and O–H groups in total. The molecule has 7 nitrogen and oxygen atoms in total. The van der Waals surface area contributed by atoms with Gasteiger partial charge in [-0.15, -0.1) is 0 Å². The van der Waals surface area contributed by atoms with E-state index in [0.717, 1.165) is 11.1 Å². The lowest BCUT2D eigenvalue weighted by molar-refractivity contribution is -0.139. The van der Waals surface area contributed by atoms with E-state index in [9.17, 15) is 24.6 Å². The van der Waals surface area contributed by atoms with Gasteiger partial charge in [-0.3, -0.25) is 14.4 Å². The molecule has 3 aromatic rings. The third-order valence-corrected chi connectivity index (χ3v) is 5.44. The first-order chi connectivity index (χ1) is 16.9. The average Bonchev–Trinajstić information content (AvgIpc) is 2.88. The molecule has 0 unspecified atom stereocenters. The number of nitrogens with one attached hydrogen (secondary N) is 2. The van der Waals surface area contributed by atoms with E-state index in [4.69, 9.17) is 0 Å². The summed E-state index contributed by atoms with van der Waals surface area (Å²) in [6.45, 7) is 1.98. The third-order valence-electron chi connectivity index (χ3n) is 5.44. The molecule has 3 rings (SSSR count). The van der Waals surface area contributed by atoms with E-state index in [1.54, 1.807) is 19.1 Å². The van der Waals surface area contributed by atoms with Gasteiger partial charge in [0.2, 0.25) is 11.7 Å². The summed E-state index contributed by atoms with van der Waals surface area (Å²) in [4.78, 5) is 38.8. The van der Waals surface area contributed by atoms with E-state index in [0.29, 0.717) is 17.6 Å². The average molecular weight is 473 g/mol. The van der Waals surface area contributed by atoms with Crippen molar-refractivity contribution in [1.82, 2.24) is 10.6 Å². The van der Waals surface area contributed by atoms with Crippen LogP contribution >= 0.6 is 0 Å². The monoisotopic (exact) mass is 472 g/mol. The summed E-state index contributed by atoms with van der Waals surface area (Å²) >= 11 is 0. The molecule has 0 bridgehead atoms. The highest BCUT2D eigenvalue weighted by molar-refractivity contribution is 6.38. The number of Topliss-reactive ketones (excluding diaryl/α,β-unsaturated/α-hetero) is 1. The van der Waals surface area contributed by atoms with Crippen LogP contribution in [0.15, 0.2) is 84.4 Å². The highest BCUT2D eigenvalue weighted by Gasteiger charge is 2.27. The largest absolute Gasteiger partial charge is 0.504 e. The normalized spacial score (nSPS) is 12.0. The molecule has 180 valence electrons. The number of aromatic hydroxyl groups is 2. The Morgan fingerprint density at radius 2 is 1.46 bits per heavy atom. The van der Waals surface area contributed by atoms with Gasteiger partial charge in [0.25, 0.3) is 5.91 Å². The predicted octanol–water partition coefficient (Wildman–Crippen LogP) is 3.50. The van der Waals surface area contributed by atoms with E-state index >= 15 is 0 Å². The second kappa shape index (κ2) is 12.2. The zero-order chi connectivity index (χ0) is 25.2. The van der Waals surface area contributed by atoms with Gasteiger partial charge in [0.15, 0.2) is 11.5 Å². The number of amides is 2. The fourth-order valence-electron chi connectivity index (χ4n) is 3.49. The third kappa shape index (κ3) is 7.30. The topological polar surface area (TPSA) is 116 Å². The first kappa shape index (κ1) is 25.2. The quantitative estimate of drug-likeness (QED) is 0.205. The van der Waals surface area contributed by atoms with Gasteiger partial charge in [0.05, 0.1) is 0 Å². The summed E-state index contributed by atoms with van der Waals surface area (Å²) in [7, 11) is 0. The van der Waals surface area contributed by atoms with Gasteiger partial charge >= 0.3 is 0 Å². The van der Waals surface area contributed by atoms with Crippen LogP contribution in [-0.2, 0) is 27.3 Å². The molecule has 7 heteroatoms. The number of phenols is 2. The molecule has 0 saturated heterocycles. The molecule has 35 heavy (non-hydrogen) atoms. The molecule has 0 aliphatic rings. The summed E-state index contributed by atoms with van der Waals surface area (Å²) in [5.74, 6) is -2.58. The van der Waals surface area contributed by atoms with Crippen molar-refractivity contribution in [3.8, 4) is 11.5 Å². The van der Waals surface area contributed by atoms with E-state index in [1.165, 1.54) is 12.1 Å². The second-order valence-corrected chi connectivity index (χ2v) is 8.02. The minimum Gasteiger partial charge on any atom is -0.504 e. The van der Waals surface area contributed by atoms with Gasteiger partial charge in [-0.2, -0.15) is 0 Å². The predicted molar refractivity (Wildman–Crippen MR) is 133 cm³/mol. The molecule has 0 radical (unpaired) electrons. The van der Waals surface area contributed by atoms with Crippen molar-refractivity contribution in [3.05, 3.63) is 101 Å². The Kier molecular flexibility index (Phi) is 8.78. The molecule has 0 heterocycles. The van der Waals surface area contributed by atoms with E-state index in [1.807, 2.05) is 60.7 Å². The maximum atomic E-state index is 13.1. The standard InChI is InChI=1S/C28H28N2O5/c1-2-22(15-21-13-14-24(31)25(32)17-21)27(34)30-23(16-19-9-5-3-6-10-19)26(33)28(35)29-18-20-11-7-4-8-12-20/h3-15,17,23,31-32H,2,16,18H2,1H3,(H,29,35)(H,30,34)/b22-15+/t23-/m0/s1. The molecular formula is C28H28N2O5. The molecule has 0 spiro atoms. The van der Waals surface area contributed by atoms with Crippen molar-refractivity contribution in [2.45, 2.75) is 32.4 Å². The van der Waals surface area contributed by atoms with Gasteiger partial charge in [-0.05, 0) is 41.3 Å². The van der Waals surface area contributed by atoms with Crippen LogP contribution in [0.4, 0.5) is 0 Å². The van der Waals surface area contributed by atoms with Crippen molar-refractivity contribution >= 4 is 23.7 Å². The number of hydrogen-bond donors (Lipinski definition) is 4. The van der Waals surface area contributed by atoms with Gasteiger partial charge in [0.1, 0.15) is 6.04 Å². The summed E-state index contributed by atoms with van der Waals surface area (Å²) < 4.78 is 0. The first-order valence-electron chi connectivity index (χ1n) is 11.3. The van der Waals surface area contributed by atoms with Crippen LogP contribution in [0.3, 0.4) is 0 Å². The Labute approximate surface area is 204 Å². The minimum atomic E-state index is -1.07. The van der Waals surface area contributed by atoms with Gasteiger partial charge in [-0.1, -0.05) is 73.7 Å².